The van der Waals surface area contributed by atoms with Crippen LogP contribution in [0.1, 0.15) is 17.0 Å². The van der Waals surface area contributed by atoms with Crippen molar-refractivity contribution in [3.63, 3.8) is 0 Å². The van der Waals surface area contributed by atoms with E-state index in [0.29, 0.717) is 17.7 Å². The normalized spacial score (nSPS) is 10.7. The molecule has 0 unspecified atom stereocenters. The van der Waals surface area contributed by atoms with Gasteiger partial charge in [-0.2, -0.15) is 0 Å². The first-order valence-electron chi connectivity index (χ1n) is 4.97. The van der Waals surface area contributed by atoms with Gasteiger partial charge in [-0.25, -0.2) is 0 Å². The van der Waals surface area contributed by atoms with Crippen molar-refractivity contribution in [1.82, 2.24) is 10.2 Å². The van der Waals surface area contributed by atoms with E-state index in [4.69, 9.17) is 10.2 Å². The summed E-state index contributed by atoms with van der Waals surface area (Å²) in [4.78, 5) is 1.11. The summed E-state index contributed by atoms with van der Waals surface area (Å²) in [5, 5.41) is 8.32. The first-order valence-corrected chi connectivity index (χ1v) is 5.79. The molecule has 2 aromatic rings. The highest BCUT2D eigenvalue weighted by atomic mass is 32.2. The van der Waals surface area contributed by atoms with Gasteiger partial charge < -0.3 is 10.2 Å². The van der Waals surface area contributed by atoms with Gasteiger partial charge in [0.05, 0.1) is 0 Å². The van der Waals surface area contributed by atoms with Gasteiger partial charge in [0.2, 0.25) is 5.89 Å². The van der Waals surface area contributed by atoms with E-state index >= 15 is 0 Å². The molecule has 2 N–H and O–H groups in total. The minimum absolute atomic E-state index is 0.511. The van der Waals surface area contributed by atoms with Gasteiger partial charge in [-0.1, -0.05) is 18.2 Å². The van der Waals surface area contributed by atoms with Crippen LogP contribution in [-0.2, 0) is 6.54 Å². The molecule has 0 radical (unpaired) electrons. The summed E-state index contributed by atoms with van der Waals surface area (Å²) in [5.74, 6) is 0.574. The van der Waals surface area contributed by atoms with Crippen LogP contribution in [0.2, 0.25) is 0 Å². The molecule has 1 aromatic carbocycles. The van der Waals surface area contributed by atoms with Gasteiger partial charge in [0.15, 0.2) is 0 Å². The van der Waals surface area contributed by atoms with Crippen molar-refractivity contribution < 1.29 is 4.42 Å². The molecule has 0 saturated heterocycles. The molecule has 4 nitrogen and oxygen atoms in total. The predicted molar refractivity (Wildman–Crippen MR) is 62.2 cm³/mol. The second-order valence-electron chi connectivity index (χ2n) is 3.46. The van der Waals surface area contributed by atoms with Gasteiger partial charge in [-0.05, 0) is 29.8 Å². The van der Waals surface area contributed by atoms with E-state index in [0.717, 1.165) is 10.5 Å². The molecule has 0 fully saturated rings. The molecule has 0 amide bonds. The number of aryl methyl sites for hydroxylation is 2. The minimum atomic E-state index is 0.511. The van der Waals surface area contributed by atoms with Crippen LogP contribution in [0.3, 0.4) is 0 Å². The van der Waals surface area contributed by atoms with Gasteiger partial charge in [0.25, 0.3) is 5.22 Å². The lowest BCUT2D eigenvalue weighted by Gasteiger charge is -2.07. The van der Waals surface area contributed by atoms with Crippen molar-refractivity contribution in [2.75, 3.05) is 0 Å². The topological polar surface area (TPSA) is 64.9 Å². The molecule has 0 atom stereocenters. The summed E-state index contributed by atoms with van der Waals surface area (Å²) in [6.45, 7) is 4.33. The third kappa shape index (κ3) is 2.25. The van der Waals surface area contributed by atoms with E-state index in [1.54, 1.807) is 6.92 Å². The van der Waals surface area contributed by atoms with Crippen molar-refractivity contribution in [3.8, 4) is 0 Å². The number of aromatic nitrogens is 2. The third-order valence-corrected chi connectivity index (χ3v) is 3.34. The van der Waals surface area contributed by atoms with Gasteiger partial charge in [0, 0.05) is 18.4 Å². The Kier molecular flexibility index (Phi) is 3.26. The lowest BCUT2D eigenvalue weighted by molar-refractivity contribution is 0.429. The predicted octanol–water partition coefficient (Wildman–Crippen LogP) is 2.30. The number of nitrogens with zero attached hydrogens (tertiary/aromatic N) is 2. The Morgan fingerprint density at radius 1 is 1.31 bits per heavy atom. The number of hydrogen-bond donors (Lipinski definition) is 1. The second-order valence-corrected chi connectivity index (χ2v) is 4.42. The van der Waals surface area contributed by atoms with E-state index in [-0.39, 0.29) is 0 Å². The fourth-order valence-corrected chi connectivity index (χ4v) is 2.36. The smallest absolute Gasteiger partial charge is 0.281 e. The Morgan fingerprint density at radius 3 is 2.75 bits per heavy atom. The highest BCUT2D eigenvalue weighted by molar-refractivity contribution is 7.99. The Hall–Kier alpha value is -1.33. The van der Waals surface area contributed by atoms with Gasteiger partial charge >= 0.3 is 0 Å². The van der Waals surface area contributed by atoms with Crippen LogP contribution in [0.4, 0.5) is 0 Å². The molecular weight excluding hydrogens is 222 g/mol. The molecule has 0 spiro atoms. The van der Waals surface area contributed by atoms with E-state index in [1.807, 2.05) is 25.1 Å². The first-order chi connectivity index (χ1) is 7.70. The van der Waals surface area contributed by atoms with Gasteiger partial charge in [-0.3, -0.25) is 0 Å². The van der Waals surface area contributed by atoms with Crippen molar-refractivity contribution >= 4 is 11.8 Å². The van der Waals surface area contributed by atoms with Crippen LogP contribution in [0, 0.1) is 13.8 Å². The summed E-state index contributed by atoms with van der Waals surface area (Å²) < 4.78 is 5.34. The van der Waals surface area contributed by atoms with Crippen LogP contribution < -0.4 is 5.73 Å². The van der Waals surface area contributed by atoms with E-state index < -0.39 is 0 Å². The molecule has 16 heavy (non-hydrogen) atoms. The lowest BCUT2D eigenvalue weighted by Crippen LogP contribution is -1.99. The standard InChI is InChI=1S/C11H13N3OS/c1-7-4-3-5-9(6-12)10(7)16-11-14-13-8(2)15-11/h3-5H,6,12H2,1-2H3. The maximum absolute atomic E-state index is 5.70. The van der Waals surface area contributed by atoms with E-state index in [1.165, 1.54) is 17.3 Å². The Morgan fingerprint density at radius 2 is 2.12 bits per heavy atom. The average Bonchev–Trinajstić information content (AvgIpc) is 2.67. The highest BCUT2D eigenvalue weighted by Crippen LogP contribution is 2.32. The zero-order valence-electron chi connectivity index (χ0n) is 9.23. The fourth-order valence-electron chi connectivity index (χ4n) is 1.43. The van der Waals surface area contributed by atoms with Gasteiger partial charge in [0.1, 0.15) is 0 Å². The molecule has 0 aliphatic carbocycles. The SMILES string of the molecule is Cc1nnc(Sc2c(C)cccc2CN)o1. The largest absolute Gasteiger partial charge is 0.416 e. The molecule has 0 saturated carbocycles. The van der Waals surface area contributed by atoms with Crippen LogP contribution in [0.5, 0.6) is 0 Å². The van der Waals surface area contributed by atoms with Crippen LogP contribution >= 0.6 is 11.8 Å². The van der Waals surface area contributed by atoms with Crippen molar-refractivity contribution in [2.24, 2.45) is 5.73 Å². The summed E-state index contributed by atoms with van der Waals surface area (Å²) >= 11 is 1.47. The van der Waals surface area contributed by atoms with Crippen molar-refractivity contribution in [3.05, 3.63) is 35.2 Å². The first kappa shape index (κ1) is 11.2. The number of hydrogen-bond acceptors (Lipinski definition) is 5. The minimum Gasteiger partial charge on any atom is -0.416 e. The summed E-state index contributed by atoms with van der Waals surface area (Å²) in [6, 6.07) is 6.06. The number of rotatable bonds is 3. The summed E-state index contributed by atoms with van der Waals surface area (Å²) in [5.41, 5.74) is 7.97. The summed E-state index contributed by atoms with van der Waals surface area (Å²) in [6.07, 6.45) is 0. The van der Waals surface area contributed by atoms with Crippen molar-refractivity contribution in [1.29, 1.82) is 0 Å². The average molecular weight is 235 g/mol. The van der Waals surface area contributed by atoms with Crippen LogP contribution in [0.25, 0.3) is 0 Å². The monoisotopic (exact) mass is 235 g/mol. The van der Waals surface area contributed by atoms with Crippen LogP contribution in [-0.4, -0.2) is 10.2 Å². The zero-order valence-corrected chi connectivity index (χ0v) is 10.0. The van der Waals surface area contributed by atoms with E-state index in [9.17, 15) is 0 Å². The molecule has 1 aromatic heterocycles. The maximum atomic E-state index is 5.70. The number of nitrogens with two attached hydrogens (primary N) is 1. The molecule has 0 bridgehead atoms. The van der Waals surface area contributed by atoms with E-state index in [2.05, 4.69) is 10.2 Å². The zero-order chi connectivity index (χ0) is 11.5. The third-order valence-electron chi connectivity index (χ3n) is 2.21. The molecule has 2 rings (SSSR count). The molecule has 0 aliphatic rings. The lowest BCUT2D eigenvalue weighted by atomic mass is 10.1. The van der Waals surface area contributed by atoms with Crippen LogP contribution in [0.15, 0.2) is 32.7 Å². The Labute approximate surface area is 98.2 Å². The van der Waals surface area contributed by atoms with Crippen molar-refractivity contribution in [2.45, 2.75) is 30.5 Å². The molecule has 5 heteroatoms. The molecule has 84 valence electrons. The fraction of sp³-hybridized carbons (Fsp3) is 0.273. The Bertz CT molecular complexity index is 496. The highest BCUT2D eigenvalue weighted by Gasteiger charge is 2.10. The number of benzene rings is 1. The van der Waals surface area contributed by atoms with Gasteiger partial charge in [-0.15, -0.1) is 10.2 Å². The summed E-state index contributed by atoms with van der Waals surface area (Å²) in [7, 11) is 0. The second kappa shape index (κ2) is 4.67. The quantitative estimate of drug-likeness (QED) is 0.884. The maximum Gasteiger partial charge on any atom is 0.281 e. The Balaban J connectivity index is 2.33. The molecular formula is C11H13N3OS. The molecule has 0 aliphatic heterocycles. The molecule has 1 heterocycles.